The van der Waals surface area contributed by atoms with Gasteiger partial charge in [0.2, 0.25) is 0 Å². The summed E-state index contributed by atoms with van der Waals surface area (Å²) in [5, 5.41) is 0.924. The van der Waals surface area contributed by atoms with Gasteiger partial charge in [0.1, 0.15) is 0 Å². The Hall–Kier alpha value is -1.64. The lowest BCUT2D eigenvalue weighted by molar-refractivity contribution is 1.48. The standard InChI is InChI=1S/C8H9N3/c9-5-2-1-3-7-8(5)6(10)4-11-7/h1-4,11H,9-10H2. The lowest BCUT2D eigenvalue weighted by Crippen LogP contribution is -1.87. The number of benzene rings is 1. The van der Waals surface area contributed by atoms with Crippen LogP contribution in [-0.2, 0) is 0 Å². The van der Waals surface area contributed by atoms with Crippen molar-refractivity contribution in [3.63, 3.8) is 0 Å². The van der Waals surface area contributed by atoms with E-state index in [0.717, 1.165) is 16.6 Å². The maximum atomic E-state index is 5.70. The molecule has 0 fully saturated rings. The fourth-order valence-corrected chi connectivity index (χ4v) is 1.24. The van der Waals surface area contributed by atoms with Gasteiger partial charge in [-0.25, -0.2) is 0 Å². The second kappa shape index (κ2) is 1.92. The van der Waals surface area contributed by atoms with Gasteiger partial charge >= 0.3 is 0 Å². The fraction of sp³-hybridized carbons (Fsp3) is 0. The highest BCUT2D eigenvalue weighted by Gasteiger charge is 2.01. The van der Waals surface area contributed by atoms with Crippen molar-refractivity contribution >= 4 is 22.3 Å². The Morgan fingerprint density at radius 1 is 1.09 bits per heavy atom. The summed E-state index contributed by atoms with van der Waals surface area (Å²) in [7, 11) is 0. The summed E-state index contributed by atoms with van der Waals surface area (Å²) < 4.78 is 0. The van der Waals surface area contributed by atoms with E-state index in [0.29, 0.717) is 5.69 Å². The van der Waals surface area contributed by atoms with Crippen LogP contribution in [0.15, 0.2) is 24.4 Å². The van der Waals surface area contributed by atoms with Crippen LogP contribution in [0.25, 0.3) is 10.9 Å². The molecule has 0 aliphatic heterocycles. The third-order valence-corrected chi connectivity index (χ3v) is 1.77. The summed E-state index contributed by atoms with van der Waals surface area (Å²) >= 11 is 0. The SMILES string of the molecule is Nc1cccc2[nH]cc(N)c12. The van der Waals surface area contributed by atoms with E-state index in [-0.39, 0.29) is 0 Å². The van der Waals surface area contributed by atoms with E-state index in [1.807, 2.05) is 18.2 Å². The van der Waals surface area contributed by atoms with Crippen LogP contribution in [0.3, 0.4) is 0 Å². The van der Waals surface area contributed by atoms with Crippen molar-refractivity contribution in [2.45, 2.75) is 0 Å². The van der Waals surface area contributed by atoms with E-state index < -0.39 is 0 Å². The summed E-state index contributed by atoms with van der Waals surface area (Å²) in [6.07, 6.45) is 1.75. The number of nitrogens with two attached hydrogens (primary N) is 2. The number of aromatic amines is 1. The van der Waals surface area contributed by atoms with Crippen molar-refractivity contribution in [2.75, 3.05) is 11.5 Å². The fourth-order valence-electron chi connectivity index (χ4n) is 1.24. The molecule has 3 nitrogen and oxygen atoms in total. The van der Waals surface area contributed by atoms with E-state index in [1.165, 1.54) is 0 Å². The smallest absolute Gasteiger partial charge is 0.0592 e. The molecule has 3 heteroatoms. The van der Waals surface area contributed by atoms with Gasteiger partial charge < -0.3 is 16.5 Å². The number of rotatable bonds is 0. The van der Waals surface area contributed by atoms with Crippen molar-refractivity contribution in [3.05, 3.63) is 24.4 Å². The Morgan fingerprint density at radius 2 is 1.91 bits per heavy atom. The molecule has 1 aromatic carbocycles. The molecule has 0 aliphatic rings. The van der Waals surface area contributed by atoms with Crippen molar-refractivity contribution in [1.82, 2.24) is 4.98 Å². The molecule has 0 saturated heterocycles. The lowest BCUT2D eigenvalue weighted by Gasteiger charge is -1.95. The molecule has 2 aromatic rings. The maximum Gasteiger partial charge on any atom is 0.0592 e. The summed E-state index contributed by atoms with van der Waals surface area (Å²) in [4.78, 5) is 3.02. The highest BCUT2D eigenvalue weighted by atomic mass is 14.7. The van der Waals surface area contributed by atoms with Crippen LogP contribution >= 0.6 is 0 Å². The summed E-state index contributed by atoms with van der Waals surface area (Å²) in [5.74, 6) is 0. The molecular formula is C8H9N3. The molecule has 5 N–H and O–H groups in total. The third kappa shape index (κ3) is 0.741. The van der Waals surface area contributed by atoms with E-state index in [1.54, 1.807) is 6.20 Å². The predicted octanol–water partition coefficient (Wildman–Crippen LogP) is 1.33. The molecule has 2 rings (SSSR count). The van der Waals surface area contributed by atoms with Gasteiger partial charge in [0, 0.05) is 22.8 Å². The van der Waals surface area contributed by atoms with E-state index in [4.69, 9.17) is 11.5 Å². The Kier molecular flexibility index (Phi) is 1.06. The number of anilines is 2. The largest absolute Gasteiger partial charge is 0.398 e. The highest BCUT2D eigenvalue weighted by Crippen LogP contribution is 2.25. The highest BCUT2D eigenvalue weighted by molar-refractivity contribution is 6.00. The van der Waals surface area contributed by atoms with E-state index in [2.05, 4.69) is 4.98 Å². The van der Waals surface area contributed by atoms with Crippen LogP contribution in [0.4, 0.5) is 11.4 Å². The normalized spacial score (nSPS) is 10.5. The van der Waals surface area contributed by atoms with Crippen LogP contribution in [0.2, 0.25) is 0 Å². The average Bonchev–Trinajstić information content (AvgIpc) is 2.34. The number of hydrogen-bond donors (Lipinski definition) is 3. The summed E-state index contributed by atoms with van der Waals surface area (Å²) in [5.41, 5.74) is 13.8. The van der Waals surface area contributed by atoms with E-state index in [9.17, 15) is 0 Å². The van der Waals surface area contributed by atoms with Gasteiger partial charge in [0.15, 0.2) is 0 Å². The first kappa shape index (κ1) is 6.09. The van der Waals surface area contributed by atoms with Crippen molar-refractivity contribution < 1.29 is 0 Å². The summed E-state index contributed by atoms with van der Waals surface area (Å²) in [6.45, 7) is 0. The van der Waals surface area contributed by atoms with Crippen LogP contribution < -0.4 is 11.5 Å². The number of nitrogen functional groups attached to an aromatic ring is 2. The van der Waals surface area contributed by atoms with Crippen molar-refractivity contribution in [3.8, 4) is 0 Å². The second-order valence-corrected chi connectivity index (χ2v) is 2.51. The first-order valence-corrected chi connectivity index (χ1v) is 3.40. The molecule has 1 heterocycles. The minimum atomic E-state index is 0.707. The van der Waals surface area contributed by atoms with Crippen LogP contribution in [0, 0.1) is 0 Å². The zero-order valence-corrected chi connectivity index (χ0v) is 5.96. The van der Waals surface area contributed by atoms with E-state index >= 15 is 0 Å². The predicted molar refractivity (Wildman–Crippen MR) is 47.1 cm³/mol. The first-order valence-electron chi connectivity index (χ1n) is 3.40. The molecule has 0 bridgehead atoms. The number of H-pyrrole nitrogens is 1. The van der Waals surface area contributed by atoms with Crippen LogP contribution in [0.5, 0.6) is 0 Å². The van der Waals surface area contributed by atoms with Gasteiger partial charge in [-0.1, -0.05) is 6.07 Å². The zero-order valence-electron chi connectivity index (χ0n) is 5.96. The topological polar surface area (TPSA) is 67.8 Å². The average molecular weight is 147 g/mol. The Bertz CT molecular complexity index is 389. The van der Waals surface area contributed by atoms with Gasteiger partial charge in [-0.15, -0.1) is 0 Å². The van der Waals surface area contributed by atoms with Gasteiger partial charge in [-0.3, -0.25) is 0 Å². The Balaban J connectivity index is 2.96. The quantitative estimate of drug-likeness (QED) is 0.492. The van der Waals surface area contributed by atoms with Gasteiger partial charge in [0.05, 0.1) is 5.69 Å². The van der Waals surface area contributed by atoms with Crippen LogP contribution in [0.1, 0.15) is 0 Å². The number of nitrogens with one attached hydrogen (secondary N) is 1. The monoisotopic (exact) mass is 147 g/mol. The van der Waals surface area contributed by atoms with Gasteiger partial charge in [-0.2, -0.15) is 0 Å². The maximum absolute atomic E-state index is 5.70. The summed E-state index contributed by atoms with van der Waals surface area (Å²) in [6, 6.07) is 5.68. The molecule has 0 aliphatic carbocycles. The molecule has 0 amide bonds. The second-order valence-electron chi connectivity index (χ2n) is 2.51. The first-order chi connectivity index (χ1) is 5.29. The molecule has 0 unspecified atom stereocenters. The van der Waals surface area contributed by atoms with Gasteiger partial charge in [0.25, 0.3) is 0 Å². The number of fused-ring (bicyclic) bond motifs is 1. The molecule has 1 aromatic heterocycles. The molecule has 11 heavy (non-hydrogen) atoms. The molecule has 0 radical (unpaired) electrons. The molecule has 0 spiro atoms. The van der Waals surface area contributed by atoms with Gasteiger partial charge in [-0.05, 0) is 12.1 Å². The van der Waals surface area contributed by atoms with Crippen molar-refractivity contribution in [2.24, 2.45) is 0 Å². The molecule has 56 valence electrons. The minimum absolute atomic E-state index is 0.707. The molecule has 0 atom stereocenters. The number of aromatic nitrogens is 1. The third-order valence-electron chi connectivity index (χ3n) is 1.77. The molecule has 0 saturated carbocycles. The Morgan fingerprint density at radius 3 is 2.64 bits per heavy atom. The minimum Gasteiger partial charge on any atom is -0.398 e. The number of hydrogen-bond acceptors (Lipinski definition) is 2. The van der Waals surface area contributed by atoms with Crippen molar-refractivity contribution in [1.29, 1.82) is 0 Å². The Labute approximate surface area is 64.0 Å². The van der Waals surface area contributed by atoms with Crippen LogP contribution in [-0.4, -0.2) is 4.98 Å². The molecular weight excluding hydrogens is 138 g/mol. The lowest BCUT2D eigenvalue weighted by atomic mass is 10.2. The zero-order chi connectivity index (χ0) is 7.84.